The highest BCUT2D eigenvalue weighted by Gasteiger charge is 2.27. The second-order valence-electron chi connectivity index (χ2n) is 17.0. The molecule has 0 aliphatic heterocycles. The van der Waals surface area contributed by atoms with Crippen LogP contribution in [0.15, 0.2) is 90.0 Å². The second-order valence-corrected chi connectivity index (χ2v) is 23.3. The Hall–Kier alpha value is -4.57. The first-order valence-corrected chi connectivity index (χ1v) is 37.3. The smallest absolute Gasteiger partial charge is 0.397 e. The summed E-state index contributed by atoms with van der Waals surface area (Å²) in [6, 6.07) is 11.5. The van der Waals surface area contributed by atoms with Crippen LogP contribution in [0.5, 0.6) is 11.5 Å². The molecular weight excluding hydrogens is 1250 g/mol. The number of rotatable bonds is 20. The van der Waals surface area contributed by atoms with Gasteiger partial charge in [-0.25, -0.2) is 8.37 Å². The number of hydrogen-bond donors (Lipinski definition) is 5. The maximum atomic E-state index is 12.0. The van der Waals surface area contributed by atoms with E-state index in [0.717, 1.165) is 59.3 Å². The minimum atomic E-state index is -4.56. The van der Waals surface area contributed by atoms with Crippen molar-refractivity contribution < 1.29 is 82.7 Å². The van der Waals surface area contributed by atoms with Crippen LogP contribution in [0.3, 0.4) is 0 Å². The first kappa shape index (κ1) is 103. The van der Waals surface area contributed by atoms with Gasteiger partial charge in [-0.2, -0.15) is 42.1 Å². The summed E-state index contributed by atoms with van der Waals surface area (Å²) >= 11 is 0. The maximum Gasteiger partial charge on any atom is 0.397 e. The molecule has 5 N–H and O–H groups in total. The van der Waals surface area contributed by atoms with E-state index in [1.165, 1.54) is 42.7 Å². The van der Waals surface area contributed by atoms with Crippen molar-refractivity contribution in [2.75, 3.05) is 27.4 Å². The molecule has 24 heteroatoms. The van der Waals surface area contributed by atoms with Crippen LogP contribution in [-0.4, -0.2) is 92.3 Å². The molecule has 0 aliphatic carbocycles. The molecule has 0 spiro atoms. The minimum absolute atomic E-state index is 0.0116. The van der Waals surface area contributed by atoms with E-state index in [1.807, 2.05) is 116 Å². The van der Waals surface area contributed by atoms with Gasteiger partial charge in [-0.05, 0) is 151 Å². The molecule has 89 heavy (non-hydrogen) atoms. The van der Waals surface area contributed by atoms with Crippen molar-refractivity contribution in [1.29, 1.82) is 0 Å². The molecule has 0 fully saturated rings. The van der Waals surface area contributed by atoms with Gasteiger partial charge in [-0.1, -0.05) is 182 Å². The van der Waals surface area contributed by atoms with Crippen molar-refractivity contribution in [2.45, 2.75) is 237 Å². The highest BCUT2D eigenvalue weighted by Crippen LogP contribution is 2.41. The molecule has 0 aromatic heterocycles. The van der Waals surface area contributed by atoms with Crippen molar-refractivity contribution >= 4 is 68.0 Å². The Morgan fingerprint density at radius 2 is 0.933 bits per heavy atom. The lowest BCUT2D eigenvalue weighted by atomic mass is 9.84. The summed E-state index contributed by atoms with van der Waals surface area (Å²) < 4.78 is 171. The minimum Gasteiger partial charge on any atom is -0.496 e. The van der Waals surface area contributed by atoms with Crippen LogP contribution in [0.2, 0.25) is 0 Å². The highest BCUT2D eigenvalue weighted by atomic mass is 32.3. The summed E-state index contributed by atoms with van der Waals surface area (Å²) in [7, 11) is -18.1. The van der Waals surface area contributed by atoms with Crippen LogP contribution in [-0.2, 0) is 72.4 Å². The summed E-state index contributed by atoms with van der Waals surface area (Å²) in [5.74, 6) is 1.85. The van der Waals surface area contributed by atoms with E-state index < -0.39 is 51.2 Å². The molecule has 0 amide bonds. The average molecular weight is 1370 g/mol. The third kappa shape index (κ3) is 47.1. The van der Waals surface area contributed by atoms with Gasteiger partial charge in [-0.3, -0.25) is 22.8 Å². The van der Waals surface area contributed by atoms with E-state index in [1.54, 1.807) is 54.0 Å². The van der Waals surface area contributed by atoms with Crippen LogP contribution in [0.4, 0.5) is 0 Å². The molecule has 524 valence electrons. The zero-order chi connectivity index (χ0) is 72.7. The first-order chi connectivity index (χ1) is 41.5. The number of benzene rings is 4. The molecule has 0 heterocycles. The van der Waals surface area contributed by atoms with Gasteiger partial charge in [0.05, 0.1) is 37.2 Å². The maximum absolute atomic E-state index is 12.0. The average Bonchev–Trinajstić information content (AvgIpc) is 3.50. The Kier molecular flexibility index (Phi) is 69.3. The van der Waals surface area contributed by atoms with E-state index >= 15 is 0 Å². The monoisotopic (exact) mass is 1360 g/mol. The summed E-state index contributed by atoms with van der Waals surface area (Å²) in [4.78, 5) is -0.580. The number of unbranched alkanes of at least 4 members (excludes halogenated alkanes) is 2. The number of ether oxygens (including phenoxy) is 2. The zero-order valence-corrected chi connectivity index (χ0v) is 62.8. The topological polar surface area (TPSA) is 309 Å². The van der Waals surface area contributed by atoms with Gasteiger partial charge in [0.25, 0.3) is 30.4 Å². The molecule has 0 bridgehead atoms. The molecule has 0 saturated carbocycles. The molecule has 0 saturated heterocycles. The summed E-state index contributed by atoms with van der Waals surface area (Å²) in [5, 5.41) is 1.11. The fraction of sp³-hybridized carbons (Fsp3) is 0.569. The largest absolute Gasteiger partial charge is 0.496 e. The first-order valence-electron chi connectivity index (χ1n) is 30.3. The number of methoxy groups -OCH3 is 2. The van der Waals surface area contributed by atoms with Gasteiger partial charge in [0, 0.05) is 0 Å². The molecule has 4 rings (SSSR count). The number of aryl methyl sites for hydroxylation is 5. The van der Waals surface area contributed by atoms with Crippen molar-refractivity contribution in [2.24, 2.45) is 0 Å². The third-order valence-corrected chi connectivity index (χ3v) is 14.5. The molecule has 0 unspecified atom stereocenters. The third-order valence-electron chi connectivity index (χ3n) is 10.7. The highest BCUT2D eigenvalue weighted by molar-refractivity contribution is 7.86. The zero-order valence-electron chi connectivity index (χ0n) is 58.7. The van der Waals surface area contributed by atoms with E-state index in [0.29, 0.717) is 53.3 Å². The lowest BCUT2D eigenvalue weighted by Crippen LogP contribution is -2.11. The van der Waals surface area contributed by atoms with Crippen molar-refractivity contribution in [3.63, 3.8) is 0 Å². The standard InChI is InChI=1S/C21H28O6S2.C11H16O2.C8H10O3S.C4H10O4S.C4H10.C3H8O4S.5C2H6.2C2H4/c1-6-9-13(4)20-14(5)18(28(22,23)24)11-15-12-19(29(25,26)27)16(8-3)17(10-7-2)21(15)20;1-5-9-7-10(12-3)8(2)6-11(9)13-4;1-6-3-4-7(2)8(5-6)12(9,10)11;1-2-3-4-8-9(5,6)7;1-3-4-2;1-2-3-7-8(4,5)6;7*1-2/h8,11-13H,3,6-7,9-10H2,1-2,4-5H3,(H,22,23,24)(H,25,26,27);6-7H,5H2,1-4H3;3-5H,1-2H3,(H,9,10,11);2-4H2,1H3,(H,5,6,7);3-4H2,1-2H3;2-3H2,1H3,(H,4,5,6);5*1-2H3;2*1-2H2/t13-;;;;;;;;;;;;/m0............/s1. The van der Waals surface area contributed by atoms with Gasteiger partial charge in [0.15, 0.2) is 0 Å². The Labute approximate surface area is 543 Å². The van der Waals surface area contributed by atoms with Gasteiger partial charge < -0.3 is 9.47 Å². The number of hydrogen-bond acceptors (Lipinski definition) is 14. The molecule has 0 aliphatic rings. The van der Waals surface area contributed by atoms with E-state index in [-0.39, 0.29) is 33.8 Å². The van der Waals surface area contributed by atoms with E-state index in [9.17, 15) is 51.2 Å². The predicted octanol–water partition coefficient (Wildman–Crippen LogP) is 18.6. The van der Waals surface area contributed by atoms with Crippen LogP contribution in [0.25, 0.3) is 16.8 Å². The molecule has 1 atom stereocenters. The normalized spacial score (nSPS) is 10.4. The predicted molar refractivity (Wildman–Crippen MR) is 375 cm³/mol. The summed E-state index contributed by atoms with van der Waals surface area (Å²) in [6.07, 6.45) is 9.96. The summed E-state index contributed by atoms with van der Waals surface area (Å²) in [5.41, 5.74) is 5.91. The Morgan fingerprint density at radius 3 is 1.25 bits per heavy atom. The van der Waals surface area contributed by atoms with Crippen LogP contribution in [0, 0.1) is 27.7 Å². The quantitative estimate of drug-likeness (QED) is 0.0312. The molecule has 0 radical (unpaired) electrons. The van der Waals surface area contributed by atoms with Crippen molar-refractivity contribution in [3.05, 3.63) is 120 Å². The summed E-state index contributed by atoms with van der Waals surface area (Å²) in [6.45, 7) is 59.0. The van der Waals surface area contributed by atoms with Crippen LogP contribution < -0.4 is 9.47 Å². The van der Waals surface area contributed by atoms with Crippen LogP contribution >= 0.6 is 0 Å². The van der Waals surface area contributed by atoms with E-state index in [2.05, 4.69) is 62.0 Å². The fourth-order valence-corrected chi connectivity index (χ4v) is 10.1. The van der Waals surface area contributed by atoms with Gasteiger partial charge in [0.2, 0.25) is 0 Å². The van der Waals surface area contributed by atoms with Crippen molar-refractivity contribution in [1.82, 2.24) is 0 Å². The molecule has 19 nitrogen and oxygen atoms in total. The van der Waals surface area contributed by atoms with Gasteiger partial charge in [0.1, 0.15) is 16.4 Å². The SMILES string of the molecule is C=C.C=C.C=Cc1c(S(=O)(=O)O)cc2cc(S(=O)(=O)O)c(C)c([C@@H](C)CCC)c2c1CCC.CC.CC.CC.CC.CC.CCCC.CCCCOS(=O)(=O)O.CCCOS(=O)(=O)O.CCc1cc(OC)c(C)cc1OC.Cc1ccc(C)c(S(=O)(=O)O)c1. The lowest BCUT2D eigenvalue weighted by molar-refractivity contribution is 0.264. The fourth-order valence-electron chi connectivity index (χ4n) is 7.03. The van der Waals surface area contributed by atoms with Crippen molar-refractivity contribution in [3.8, 4) is 11.5 Å². The second kappa shape index (κ2) is 59.7. The Bertz CT molecular complexity index is 3030. The molecule has 4 aromatic carbocycles. The number of fused-ring (bicyclic) bond motifs is 1. The lowest BCUT2D eigenvalue weighted by Gasteiger charge is -2.23. The van der Waals surface area contributed by atoms with Crippen LogP contribution in [0.1, 0.15) is 226 Å². The van der Waals surface area contributed by atoms with Gasteiger partial charge in [-0.15, -0.1) is 26.3 Å². The van der Waals surface area contributed by atoms with Gasteiger partial charge >= 0.3 is 20.8 Å². The van der Waals surface area contributed by atoms with E-state index in [4.69, 9.17) is 23.1 Å². The Morgan fingerprint density at radius 1 is 0.506 bits per heavy atom. The molecular formula is C65H120O19S5. The Balaban J connectivity index is -0.000000129. The molecule has 4 aromatic rings.